The first-order chi connectivity index (χ1) is 6.83. The van der Waals surface area contributed by atoms with Crippen LogP contribution in [0.2, 0.25) is 4.34 Å². The first kappa shape index (κ1) is 12.0. The van der Waals surface area contributed by atoms with E-state index in [1.165, 1.54) is 4.88 Å². The highest BCUT2D eigenvalue weighted by atomic mass is 35.5. The summed E-state index contributed by atoms with van der Waals surface area (Å²) in [6, 6.07) is 4.01. The van der Waals surface area contributed by atoms with Crippen LogP contribution in [0, 0.1) is 0 Å². The predicted octanol–water partition coefficient (Wildman–Crippen LogP) is 2.31. The monoisotopic (exact) mass is 233 g/mol. The number of halogens is 1. The maximum absolute atomic E-state index is 8.56. The molecule has 1 aromatic heterocycles. The van der Waals surface area contributed by atoms with E-state index in [2.05, 4.69) is 11.4 Å². The summed E-state index contributed by atoms with van der Waals surface area (Å²) in [6.45, 7) is 2.27. The summed E-state index contributed by atoms with van der Waals surface area (Å²) in [7, 11) is 0. The molecule has 0 bridgehead atoms. The molecule has 0 aliphatic rings. The molecule has 2 nitrogen and oxygen atoms in total. The van der Waals surface area contributed by atoms with Gasteiger partial charge in [-0.3, -0.25) is 0 Å². The summed E-state index contributed by atoms with van der Waals surface area (Å²) in [5.74, 6) is 0. The molecule has 0 aromatic carbocycles. The van der Waals surface area contributed by atoms with Gasteiger partial charge in [0.1, 0.15) is 0 Å². The van der Waals surface area contributed by atoms with E-state index in [4.69, 9.17) is 16.7 Å². The van der Waals surface area contributed by atoms with E-state index in [1.807, 2.05) is 6.07 Å². The topological polar surface area (TPSA) is 32.3 Å². The van der Waals surface area contributed by atoms with E-state index < -0.39 is 0 Å². The van der Waals surface area contributed by atoms with Crippen LogP contribution in [-0.4, -0.2) is 24.8 Å². The average Bonchev–Trinajstić information content (AvgIpc) is 2.58. The highest BCUT2D eigenvalue weighted by molar-refractivity contribution is 7.16. The van der Waals surface area contributed by atoms with Crippen LogP contribution >= 0.6 is 22.9 Å². The first-order valence-electron chi connectivity index (χ1n) is 4.88. The Bertz CT molecular complexity index is 252. The lowest BCUT2D eigenvalue weighted by atomic mass is 10.3. The number of nitrogens with one attached hydrogen (secondary N) is 1. The van der Waals surface area contributed by atoms with Crippen LogP contribution < -0.4 is 5.32 Å². The molecule has 1 aromatic rings. The number of hydrogen-bond acceptors (Lipinski definition) is 3. The SMILES string of the molecule is OCCCCNCCc1ccc(Cl)s1. The second-order valence-corrected chi connectivity index (χ2v) is 4.94. The summed E-state index contributed by atoms with van der Waals surface area (Å²) in [5, 5.41) is 11.9. The van der Waals surface area contributed by atoms with Crippen molar-refractivity contribution in [3.63, 3.8) is 0 Å². The molecule has 0 saturated heterocycles. The van der Waals surface area contributed by atoms with E-state index in [0.717, 1.165) is 36.7 Å². The molecule has 80 valence electrons. The number of hydrogen-bond donors (Lipinski definition) is 2. The lowest BCUT2D eigenvalue weighted by Gasteiger charge is -2.01. The van der Waals surface area contributed by atoms with Crippen LogP contribution in [0.25, 0.3) is 0 Å². The van der Waals surface area contributed by atoms with Crippen LogP contribution in [0.5, 0.6) is 0 Å². The number of aliphatic hydroxyl groups excluding tert-OH is 1. The van der Waals surface area contributed by atoms with Crippen molar-refractivity contribution >= 4 is 22.9 Å². The highest BCUT2D eigenvalue weighted by Crippen LogP contribution is 2.21. The Labute approximate surface area is 93.9 Å². The molecule has 0 radical (unpaired) electrons. The first-order valence-corrected chi connectivity index (χ1v) is 6.08. The van der Waals surface area contributed by atoms with Gasteiger partial charge < -0.3 is 10.4 Å². The number of aliphatic hydroxyl groups is 1. The van der Waals surface area contributed by atoms with Crippen molar-refractivity contribution in [3.8, 4) is 0 Å². The van der Waals surface area contributed by atoms with Crippen LogP contribution in [0.15, 0.2) is 12.1 Å². The third-order valence-electron chi connectivity index (χ3n) is 1.94. The molecule has 4 heteroatoms. The van der Waals surface area contributed by atoms with Gasteiger partial charge in [-0.15, -0.1) is 11.3 Å². The van der Waals surface area contributed by atoms with Gasteiger partial charge in [0.2, 0.25) is 0 Å². The van der Waals surface area contributed by atoms with E-state index in [1.54, 1.807) is 11.3 Å². The molecule has 14 heavy (non-hydrogen) atoms. The van der Waals surface area contributed by atoms with E-state index in [0.29, 0.717) is 6.61 Å². The quantitative estimate of drug-likeness (QED) is 0.709. The lowest BCUT2D eigenvalue weighted by molar-refractivity contribution is 0.284. The Morgan fingerprint density at radius 2 is 2.14 bits per heavy atom. The highest BCUT2D eigenvalue weighted by Gasteiger charge is 1.96. The van der Waals surface area contributed by atoms with Crippen molar-refractivity contribution in [2.75, 3.05) is 19.7 Å². The van der Waals surface area contributed by atoms with Gasteiger partial charge in [-0.1, -0.05) is 11.6 Å². The minimum absolute atomic E-state index is 0.294. The molecular formula is C10H16ClNOS. The van der Waals surface area contributed by atoms with Crippen LogP contribution in [0.4, 0.5) is 0 Å². The van der Waals surface area contributed by atoms with E-state index in [-0.39, 0.29) is 0 Å². The van der Waals surface area contributed by atoms with Gasteiger partial charge in [0, 0.05) is 11.5 Å². The molecule has 0 spiro atoms. The van der Waals surface area contributed by atoms with E-state index in [9.17, 15) is 0 Å². The molecule has 1 heterocycles. The zero-order valence-corrected chi connectivity index (χ0v) is 9.70. The molecule has 0 unspecified atom stereocenters. The van der Waals surface area contributed by atoms with E-state index >= 15 is 0 Å². The standard InChI is InChI=1S/C10H16ClNOS/c11-10-4-3-9(14-10)5-7-12-6-1-2-8-13/h3-4,12-13H,1-2,5-8H2. The molecule has 0 atom stereocenters. The van der Waals surface area contributed by atoms with Gasteiger partial charge >= 0.3 is 0 Å². The number of unbranched alkanes of at least 4 members (excludes halogenated alkanes) is 1. The molecule has 0 amide bonds. The Kier molecular flexibility index (Phi) is 6.19. The zero-order chi connectivity index (χ0) is 10.2. The Morgan fingerprint density at radius 1 is 1.29 bits per heavy atom. The summed E-state index contributed by atoms with van der Waals surface area (Å²) in [4.78, 5) is 1.32. The zero-order valence-electron chi connectivity index (χ0n) is 8.13. The van der Waals surface area contributed by atoms with Crippen molar-refractivity contribution in [2.24, 2.45) is 0 Å². The third kappa shape index (κ3) is 4.96. The molecule has 1 rings (SSSR count). The fourth-order valence-corrected chi connectivity index (χ4v) is 2.27. The Morgan fingerprint density at radius 3 is 2.79 bits per heavy atom. The van der Waals surface area contributed by atoms with Crippen LogP contribution in [-0.2, 0) is 6.42 Å². The van der Waals surface area contributed by atoms with Crippen molar-refractivity contribution in [3.05, 3.63) is 21.3 Å². The average molecular weight is 234 g/mol. The minimum Gasteiger partial charge on any atom is -0.396 e. The maximum atomic E-state index is 8.56. The fourth-order valence-electron chi connectivity index (χ4n) is 1.18. The molecular weight excluding hydrogens is 218 g/mol. The third-order valence-corrected chi connectivity index (χ3v) is 3.23. The molecule has 0 aliphatic heterocycles. The van der Waals surface area contributed by atoms with Crippen LogP contribution in [0.1, 0.15) is 17.7 Å². The van der Waals surface area contributed by atoms with Gasteiger partial charge in [-0.25, -0.2) is 0 Å². The second-order valence-electron chi connectivity index (χ2n) is 3.14. The maximum Gasteiger partial charge on any atom is 0.0931 e. The molecule has 0 aliphatic carbocycles. The summed E-state index contributed by atoms with van der Waals surface area (Å²) < 4.78 is 0.861. The lowest BCUT2D eigenvalue weighted by Crippen LogP contribution is -2.18. The number of rotatable bonds is 7. The van der Waals surface area contributed by atoms with Gasteiger partial charge in [0.05, 0.1) is 4.34 Å². The summed E-state index contributed by atoms with van der Waals surface area (Å²) in [5.41, 5.74) is 0. The Hall–Kier alpha value is -0.0900. The molecule has 0 saturated carbocycles. The van der Waals surface area contributed by atoms with Gasteiger partial charge in [-0.2, -0.15) is 0 Å². The van der Waals surface area contributed by atoms with Crippen LogP contribution in [0.3, 0.4) is 0 Å². The van der Waals surface area contributed by atoms with Crippen molar-refractivity contribution in [1.29, 1.82) is 0 Å². The van der Waals surface area contributed by atoms with Gasteiger partial charge in [0.25, 0.3) is 0 Å². The Balaban J connectivity index is 1.99. The molecule has 2 N–H and O–H groups in total. The predicted molar refractivity (Wildman–Crippen MR) is 62.2 cm³/mol. The summed E-state index contributed by atoms with van der Waals surface area (Å²) >= 11 is 7.45. The van der Waals surface area contributed by atoms with Gasteiger partial charge in [0.15, 0.2) is 0 Å². The summed E-state index contributed by atoms with van der Waals surface area (Å²) in [6.07, 6.45) is 2.97. The largest absolute Gasteiger partial charge is 0.396 e. The normalized spacial score (nSPS) is 10.7. The van der Waals surface area contributed by atoms with Crippen molar-refractivity contribution in [2.45, 2.75) is 19.3 Å². The second kappa shape index (κ2) is 7.23. The number of thiophene rings is 1. The molecule has 0 fully saturated rings. The smallest absolute Gasteiger partial charge is 0.0931 e. The van der Waals surface area contributed by atoms with Crippen molar-refractivity contribution < 1.29 is 5.11 Å². The van der Waals surface area contributed by atoms with Gasteiger partial charge in [-0.05, 0) is 44.5 Å². The minimum atomic E-state index is 0.294. The van der Waals surface area contributed by atoms with Crippen molar-refractivity contribution in [1.82, 2.24) is 5.32 Å². The fraction of sp³-hybridized carbons (Fsp3) is 0.600.